The van der Waals surface area contributed by atoms with Gasteiger partial charge < -0.3 is 4.42 Å². The number of aryl methyl sites for hydroxylation is 2. The highest BCUT2D eigenvalue weighted by molar-refractivity contribution is 6.04. The van der Waals surface area contributed by atoms with Gasteiger partial charge in [-0.2, -0.15) is 5.10 Å². The fraction of sp³-hybridized carbons (Fsp3) is 0.231. The molecule has 0 bridgehead atoms. The van der Waals surface area contributed by atoms with Crippen LogP contribution in [-0.2, 0) is 6.54 Å². The number of nitrogens with zero attached hydrogens (tertiary/aromatic N) is 2. The van der Waals surface area contributed by atoms with Crippen molar-refractivity contribution in [2.45, 2.75) is 20.4 Å². The number of ketones is 1. The largest absolute Gasteiger partial charge is 0.458 e. The Labute approximate surface area is 99.6 Å². The van der Waals surface area contributed by atoms with Crippen LogP contribution in [-0.4, -0.2) is 15.6 Å². The smallest absolute Gasteiger partial charge is 0.221 e. The molecule has 0 atom stereocenters. The fourth-order valence-corrected chi connectivity index (χ4v) is 1.46. The number of allylic oxidation sites excluding steroid dienone is 1. The van der Waals surface area contributed by atoms with E-state index in [0.717, 1.165) is 17.9 Å². The fourth-order valence-electron chi connectivity index (χ4n) is 1.46. The van der Waals surface area contributed by atoms with Gasteiger partial charge in [0.25, 0.3) is 0 Å². The van der Waals surface area contributed by atoms with Crippen LogP contribution in [0.15, 0.2) is 35.0 Å². The molecule has 0 radical (unpaired) electrons. The maximum Gasteiger partial charge on any atom is 0.221 e. The average Bonchev–Trinajstić information content (AvgIpc) is 2.94. The molecule has 2 aromatic heterocycles. The maximum atomic E-state index is 11.7. The van der Waals surface area contributed by atoms with Crippen LogP contribution in [0.2, 0.25) is 0 Å². The zero-order valence-corrected chi connectivity index (χ0v) is 9.88. The molecule has 0 unspecified atom stereocenters. The second-order valence-corrected chi connectivity index (χ2v) is 3.74. The number of carbonyl (C=O) groups excluding carboxylic acids is 1. The van der Waals surface area contributed by atoms with Crippen molar-refractivity contribution in [3.63, 3.8) is 0 Å². The molecule has 4 nitrogen and oxygen atoms in total. The highest BCUT2D eigenvalue weighted by Gasteiger charge is 2.05. The van der Waals surface area contributed by atoms with Crippen molar-refractivity contribution < 1.29 is 9.21 Å². The van der Waals surface area contributed by atoms with Gasteiger partial charge in [0, 0.05) is 18.3 Å². The van der Waals surface area contributed by atoms with Crippen molar-refractivity contribution in [1.82, 2.24) is 9.78 Å². The van der Waals surface area contributed by atoms with E-state index < -0.39 is 0 Å². The molecule has 0 aliphatic carbocycles. The molecule has 4 heteroatoms. The Morgan fingerprint density at radius 3 is 2.94 bits per heavy atom. The molecule has 0 saturated carbocycles. The van der Waals surface area contributed by atoms with Crippen molar-refractivity contribution in [1.29, 1.82) is 0 Å². The highest BCUT2D eigenvalue weighted by Crippen LogP contribution is 2.09. The summed E-state index contributed by atoms with van der Waals surface area (Å²) in [6, 6.07) is 3.45. The van der Waals surface area contributed by atoms with Gasteiger partial charge in [-0.05, 0) is 38.1 Å². The Bertz CT molecular complexity index is 549. The molecule has 0 amide bonds. The first kappa shape index (κ1) is 11.4. The van der Waals surface area contributed by atoms with Gasteiger partial charge in [0.1, 0.15) is 5.76 Å². The number of furan rings is 1. The Balaban J connectivity index is 2.08. The van der Waals surface area contributed by atoms with Crippen molar-refractivity contribution in [2.75, 3.05) is 0 Å². The molecular weight excluding hydrogens is 216 g/mol. The van der Waals surface area contributed by atoms with Gasteiger partial charge in [0.2, 0.25) is 5.78 Å². The summed E-state index contributed by atoms with van der Waals surface area (Å²) in [5.74, 6) is 0.963. The Morgan fingerprint density at radius 2 is 2.35 bits per heavy atom. The van der Waals surface area contributed by atoms with Gasteiger partial charge in [0.05, 0.1) is 6.20 Å². The van der Waals surface area contributed by atoms with Crippen LogP contribution in [0.25, 0.3) is 6.08 Å². The van der Waals surface area contributed by atoms with Gasteiger partial charge >= 0.3 is 0 Å². The standard InChI is InChI=1S/C13H14N2O2/c1-3-15-9-11(8-14-15)5-6-12(16)13-7-4-10(2)17-13/h4-9H,3H2,1-2H3. The number of carbonyl (C=O) groups is 1. The number of rotatable bonds is 4. The molecule has 88 valence electrons. The van der Waals surface area contributed by atoms with Crippen LogP contribution in [0.1, 0.15) is 28.8 Å². The normalized spacial score (nSPS) is 11.2. The Morgan fingerprint density at radius 1 is 1.53 bits per heavy atom. The summed E-state index contributed by atoms with van der Waals surface area (Å²) in [6.07, 6.45) is 6.84. The minimum atomic E-state index is -0.137. The van der Waals surface area contributed by atoms with Gasteiger partial charge in [-0.15, -0.1) is 0 Å². The van der Waals surface area contributed by atoms with E-state index in [1.54, 1.807) is 29.1 Å². The van der Waals surface area contributed by atoms with E-state index in [2.05, 4.69) is 5.10 Å². The molecule has 0 aliphatic heterocycles. The summed E-state index contributed by atoms with van der Waals surface area (Å²) in [4.78, 5) is 11.7. The van der Waals surface area contributed by atoms with E-state index in [1.807, 2.05) is 20.0 Å². The van der Waals surface area contributed by atoms with Gasteiger partial charge in [-0.25, -0.2) is 0 Å². The lowest BCUT2D eigenvalue weighted by Crippen LogP contribution is -1.92. The lowest BCUT2D eigenvalue weighted by atomic mass is 10.2. The summed E-state index contributed by atoms with van der Waals surface area (Å²) in [7, 11) is 0. The molecule has 0 aromatic carbocycles. The quantitative estimate of drug-likeness (QED) is 0.599. The topological polar surface area (TPSA) is 48.0 Å². The van der Waals surface area contributed by atoms with E-state index in [4.69, 9.17) is 4.42 Å². The number of aromatic nitrogens is 2. The summed E-state index contributed by atoms with van der Waals surface area (Å²) >= 11 is 0. The molecule has 0 aliphatic rings. The van der Waals surface area contributed by atoms with E-state index in [0.29, 0.717) is 5.76 Å². The lowest BCUT2D eigenvalue weighted by molar-refractivity contribution is 0.102. The molecule has 0 saturated heterocycles. The third-order valence-electron chi connectivity index (χ3n) is 2.39. The molecule has 0 spiro atoms. The molecule has 2 rings (SSSR count). The summed E-state index contributed by atoms with van der Waals surface area (Å²) in [5, 5.41) is 4.12. The van der Waals surface area contributed by atoms with E-state index in [-0.39, 0.29) is 5.78 Å². The minimum Gasteiger partial charge on any atom is -0.458 e. The third kappa shape index (κ3) is 2.72. The monoisotopic (exact) mass is 230 g/mol. The minimum absolute atomic E-state index is 0.137. The molecule has 0 N–H and O–H groups in total. The third-order valence-corrected chi connectivity index (χ3v) is 2.39. The first-order chi connectivity index (χ1) is 8.19. The predicted octanol–water partition coefficient (Wildman–Crippen LogP) is 2.70. The van der Waals surface area contributed by atoms with Crippen LogP contribution >= 0.6 is 0 Å². The maximum absolute atomic E-state index is 11.7. The van der Waals surface area contributed by atoms with Gasteiger partial charge in [-0.3, -0.25) is 9.48 Å². The van der Waals surface area contributed by atoms with Crippen LogP contribution in [0, 0.1) is 6.92 Å². The Hall–Kier alpha value is -2.10. The summed E-state index contributed by atoms with van der Waals surface area (Å²) < 4.78 is 7.05. The first-order valence-corrected chi connectivity index (χ1v) is 5.50. The van der Waals surface area contributed by atoms with E-state index in [9.17, 15) is 4.79 Å². The summed E-state index contributed by atoms with van der Waals surface area (Å²) in [6.45, 7) is 4.64. The SMILES string of the molecule is CCn1cc(C=CC(=O)c2ccc(C)o2)cn1. The van der Waals surface area contributed by atoms with Crippen LogP contribution < -0.4 is 0 Å². The van der Waals surface area contributed by atoms with Crippen LogP contribution in [0.3, 0.4) is 0 Å². The van der Waals surface area contributed by atoms with Gasteiger partial charge in [-0.1, -0.05) is 0 Å². The Kier molecular flexibility index (Phi) is 3.23. The van der Waals surface area contributed by atoms with E-state index in [1.165, 1.54) is 6.08 Å². The van der Waals surface area contributed by atoms with Crippen molar-refractivity contribution in [3.8, 4) is 0 Å². The molecular formula is C13H14N2O2. The lowest BCUT2D eigenvalue weighted by Gasteiger charge is -1.90. The zero-order valence-electron chi connectivity index (χ0n) is 9.88. The second-order valence-electron chi connectivity index (χ2n) is 3.74. The highest BCUT2D eigenvalue weighted by atomic mass is 16.3. The molecule has 2 heterocycles. The van der Waals surface area contributed by atoms with Crippen molar-refractivity contribution in [2.24, 2.45) is 0 Å². The van der Waals surface area contributed by atoms with E-state index >= 15 is 0 Å². The predicted molar refractivity (Wildman–Crippen MR) is 64.7 cm³/mol. The molecule has 17 heavy (non-hydrogen) atoms. The number of hydrogen-bond donors (Lipinski definition) is 0. The first-order valence-electron chi connectivity index (χ1n) is 5.50. The molecule has 0 fully saturated rings. The van der Waals surface area contributed by atoms with Crippen molar-refractivity contribution >= 4 is 11.9 Å². The molecule has 2 aromatic rings. The number of hydrogen-bond acceptors (Lipinski definition) is 3. The summed E-state index contributed by atoms with van der Waals surface area (Å²) in [5.41, 5.74) is 0.906. The van der Waals surface area contributed by atoms with Crippen molar-refractivity contribution in [3.05, 3.63) is 47.7 Å². The average molecular weight is 230 g/mol. The van der Waals surface area contributed by atoms with Crippen LogP contribution in [0.4, 0.5) is 0 Å². The second kappa shape index (κ2) is 4.82. The van der Waals surface area contributed by atoms with Gasteiger partial charge in [0.15, 0.2) is 5.76 Å². The zero-order chi connectivity index (χ0) is 12.3. The van der Waals surface area contributed by atoms with Crippen LogP contribution in [0.5, 0.6) is 0 Å².